The third-order valence-electron chi connectivity index (χ3n) is 3.49. The van der Waals surface area contributed by atoms with E-state index in [1.807, 2.05) is 42.5 Å². The Kier molecular flexibility index (Phi) is 2.94. The number of benzene rings is 2. The van der Waals surface area contributed by atoms with Crippen molar-refractivity contribution in [1.29, 1.82) is 0 Å². The number of hydrogen-bond donors (Lipinski definition) is 0. The molecule has 22 heavy (non-hydrogen) atoms. The van der Waals surface area contributed by atoms with Gasteiger partial charge in [0.05, 0.1) is 12.6 Å². The summed E-state index contributed by atoms with van der Waals surface area (Å²) in [5.41, 5.74) is 2.49. The normalized spacial score (nSPS) is 11.2. The van der Waals surface area contributed by atoms with Gasteiger partial charge in [0, 0.05) is 16.0 Å². The average molecular weight is 311 g/mol. The summed E-state index contributed by atoms with van der Waals surface area (Å²) < 4.78 is 6.83. The highest BCUT2D eigenvalue weighted by atomic mass is 35.5. The number of methoxy groups -OCH3 is 1. The number of fused-ring (bicyclic) bond motifs is 3. The van der Waals surface area contributed by atoms with Gasteiger partial charge in [0.1, 0.15) is 12.1 Å². The van der Waals surface area contributed by atoms with Crippen molar-refractivity contribution in [2.24, 2.45) is 0 Å². The van der Waals surface area contributed by atoms with Crippen LogP contribution >= 0.6 is 11.6 Å². The summed E-state index contributed by atoms with van der Waals surface area (Å²) in [7, 11) is 1.64. The lowest BCUT2D eigenvalue weighted by atomic mass is 10.2. The molecular weight excluding hydrogens is 300 g/mol. The molecule has 4 aromatic rings. The maximum Gasteiger partial charge on any atom is 0.182 e. The van der Waals surface area contributed by atoms with Gasteiger partial charge in [0.2, 0.25) is 0 Å². The van der Waals surface area contributed by atoms with Crippen molar-refractivity contribution >= 4 is 28.2 Å². The lowest BCUT2D eigenvalue weighted by Crippen LogP contribution is -1.91. The van der Waals surface area contributed by atoms with Gasteiger partial charge in [-0.1, -0.05) is 11.6 Å². The van der Waals surface area contributed by atoms with Crippen LogP contribution in [0.25, 0.3) is 27.9 Å². The van der Waals surface area contributed by atoms with Crippen LogP contribution in [-0.4, -0.2) is 26.7 Å². The first kappa shape index (κ1) is 13.0. The average Bonchev–Trinajstić information content (AvgIpc) is 2.99. The zero-order valence-corrected chi connectivity index (χ0v) is 12.4. The zero-order chi connectivity index (χ0) is 15.1. The largest absolute Gasteiger partial charge is 0.497 e. The fourth-order valence-electron chi connectivity index (χ4n) is 2.37. The van der Waals surface area contributed by atoms with E-state index < -0.39 is 0 Å². The summed E-state index contributed by atoms with van der Waals surface area (Å²) >= 11 is 6.08. The first-order valence-electron chi connectivity index (χ1n) is 6.70. The van der Waals surface area contributed by atoms with Crippen LogP contribution in [0.1, 0.15) is 0 Å². The number of nitrogens with zero attached hydrogens (tertiary/aromatic N) is 4. The molecule has 0 aliphatic rings. The molecule has 0 N–H and O–H groups in total. The first-order valence-corrected chi connectivity index (χ1v) is 7.07. The Labute approximate surface area is 131 Å². The molecule has 0 unspecified atom stereocenters. The number of hydrogen-bond acceptors (Lipinski definition) is 4. The Morgan fingerprint density at radius 3 is 2.68 bits per heavy atom. The van der Waals surface area contributed by atoms with Gasteiger partial charge >= 0.3 is 0 Å². The van der Waals surface area contributed by atoms with Crippen LogP contribution in [0.15, 0.2) is 48.8 Å². The molecule has 0 atom stereocenters. The van der Waals surface area contributed by atoms with E-state index in [1.54, 1.807) is 18.0 Å². The minimum atomic E-state index is 0.636. The molecule has 0 aliphatic carbocycles. The Morgan fingerprint density at radius 2 is 1.91 bits per heavy atom. The zero-order valence-electron chi connectivity index (χ0n) is 11.7. The van der Waals surface area contributed by atoms with E-state index in [2.05, 4.69) is 15.1 Å². The first-order chi connectivity index (χ1) is 10.7. The van der Waals surface area contributed by atoms with Crippen LogP contribution in [0.3, 0.4) is 0 Å². The Bertz CT molecular complexity index is 979. The van der Waals surface area contributed by atoms with Crippen LogP contribution in [0.5, 0.6) is 5.75 Å². The minimum absolute atomic E-state index is 0.636. The van der Waals surface area contributed by atoms with Gasteiger partial charge in [0.15, 0.2) is 11.5 Å². The molecule has 0 radical (unpaired) electrons. The maximum atomic E-state index is 6.08. The van der Waals surface area contributed by atoms with E-state index >= 15 is 0 Å². The second kappa shape index (κ2) is 4.96. The van der Waals surface area contributed by atoms with Gasteiger partial charge in [-0.15, -0.1) is 5.10 Å². The van der Waals surface area contributed by atoms with Gasteiger partial charge < -0.3 is 4.74 Å². The molecule has 6 heteroatoms. The number of ether oxygens (including phenoxy) is 1. The van der Waals surface area contributed by atoms with Gasteiger partial charge in [-0.3, -0.25) is 0 Å². The lowest BCUT2D eigenvalue weighted by Gasteiger charge is -1.99. The second-order valence-corrected chi connectivity index (χ2v) is 5.27. The third-order valence-corrected chi connectivity index (χ3v) is 3.72. The van der Waals surface area contributed by atoms with Gasteiger partial charge in [0.25, 0.3) is 0 Å². The van der Waals surface area contributed by atoms with E-state index in [0.29, 0.717) is 10.8 Å². The minimum Gasteiger partial charge on any atom is -0.497 e. The van der Waals surface area contributed by atoms with Crippen molar-refractivity contribution < 1.29 is 4.74 Å². The fraction of sp³-hybridized carbons (Fsp3) is 0.0625. The van der Waals surface area contributed by atoms with E-state index in [9.17, 15) is 0 Å². The van der Waals surface area contributed by atoms with Crippen molar-refractivity contribution in [1.82, 2.24) is 19.6 Å². The van der Waals surface area contributed by atoms with Crippen molar-refractivity contribution in [2.45, 2.75) is 0 Å². The van der Waals surface area contributed by atoms with Crippen molar-refractivity contribution in [3.8, 4) is 17.1 Å². The van der Waals surface area contributed by atoms with E-state index in [4.69, 9.17) is 16.3 Å². The molecular formula is C16H11ClN4O. The standard InChI is InChI=1S/C16H11ClN4O/c1-22-12-5-2-10(3-6-12)15-19-16-13-8-11(17)4-7-14(13)18-9-21(16)20-15/h2-9H,1H3. The molecule has 2 aromatic carbocycles. The van der Waals surface area contributed by atoms with Gasteiger partial charge in [-0.05, 0) is 42.5 Å². The van der Waals surface area contributed by atoms with Crippen LogP contribution in [-0.2, 0) is 0 Å². The number of aromatic nitrogens is 4. The Hall–Kier alpha value is -2.66. The van der Waals surface area contributed by atoms with Crippen molar-refractivity contribution in [3.05, 3.63) is 53.8 Å². The summed E-state index contributed by atoms with van der Waals surface area (Å²) in [5, 5.41) is 6.00. The molecule has 108 valence electrons. The highest BCUT2D eigenvalue weighted by Crippen LogP contribution is 2.24. The highest BCUT2D eigenvalue weighted by Gasteiger charge is 2.10. The molecule has 0 aliphatic heterocycles. The molecule has 2 aromatic heterocycles. The monoisotopic (exact) mass is 310 g/mol. The Balaban J connectivity index is 1.92. The molecule has 0 saturated carbocycles. The van der Waals surface area contributed by atoms with E-state index in [1.165, 1.54) is 0 Å². The maximum absolute atomic E-state index is 6.08. The van der Waals surface area contributed by atoms with E-state index in [0.717, 1.165) is 27.9 Å². The molecule has 0 bridgehead atoms. The lowest BCUT2D eigenvalue weighted by molar-refractivity contribution is 0.415. The van der Waals surface area contributed by atoms with Crippen molar-refractivity contribution in [3.63, 3.8) is 0 Å². The summed E-state index contributed by atoms with van der Waals surface area (Å²) in [6, 6.07) is 13.2. The number of rotatable bonds is 2. The highest BCUT2D eigenvalue weighted by molar-refractivity contribution is 6.31. The summed E-state index contributed by atoms with van der Waals surface area (Å²) in [4.78, 5) is 8.99. The second-order valence-electron chi connectivity index (χ2n) is 4.84. The quantitative estimate of drug-likeness (QED) is 0.567. The molecule has 0 amide bonds. The van der Waals surface area contributed by atoms with Crippen LogP contribution in [0, 0.1) is 0 Å². The summed E-state index contributed by atoms with van der Waals surface area (Å²) in [6.07, 6.45) is 1.66. The van der Waals surface area contributed by atoms with Gasteiger partial charge in [-0.2, -0.15) is 0 Å². The Morgan fingerprint density at radius 1 is 1.09 bits per heavy atom. The fourth-order valence-corrected chi connectivity index (χ4v) is 2.54. The molecule has 0 saturated heterocycles. The number of halogens is 1. The third kappa shape index (κ3) is 2.07. The van der Waals surface area contributed by atoms with Gasteiger partial charge in [-0.25, -0.2) is 14.5 Å². The molecule has 2 heterocycles. The summed E-state index contributed by atoms with van der Waals surface area (Å²) in [6.45, 7) is 0. The summed E-state index contributed by atoms with van der Waals surface area (Å²) in [5.74, 6) is 1.43. The predicted octanol–water partition coefficient (Wildman–Crippen LogP) is 3.61. The predicted molar refractivity (Wildman–Crippen MR) is 85.3 cm³/mol. The molecule has 4 rings (SSSR count). The molecule has 5 nitrogen and oxygen atoms in total. The smallest absolute Gasteiger partial charge is 0.182 e. The topological polar surface area (TPSA) is 52.3 Å². The van der Waals surface area contributed by atoms with Crippen LogP contribution < -0.4 is 4.74 Å². The van der Waals surface area contributed by atoms with Crippen molar-refractivity contribution in [2.75, 3.05) is 7.11 Å². The SMILES string of the molecule is COc1ccc(-c2nc3c4cc(Cl)ccc4ncn3n2)cc1. The van der Waals surface area contributed by atoms with E-state index in [-0.39, 0.29) is 0 Å². The molecule has 0 fully saturated rings. The molecule has 0 spiro atoms. The van der Waals surface area contributed by atoms with Crippen LogP contribution in [0.2, 0.25) is 5.02 Å². The van der Waals surface area contributed by atoms with Crippen LogP contribution in [0.4, 0.5) is 0 Å².